The van der Waals surface area contributed by atoms with Crippen LogP contribution < -0.4 is 5.43 Å². The van der Waals surface area contributed by atoms with Gasteiger partial charge in [-0.1, -0.05) is 187 Å². The second-order valence-electron chi connectivity index (χ2n) is 14.4. The van der Waals surface area contributed by atoms with Crippen molar-refractivity contribution in [1.29, 1.82) is 0 Å². The van der Waals surface area contributed by atoms with Gasteiger partial charge in [-0.2, -0.15) is 0 Å². The van der Waals surface area contributed by atoms with Crippen LogP contribution >= 0.6 is 0 Å². The summed E-state index contributed by atoms with van der Waals surface area (Å²) >= 11 is 0. The molecule has 1 heterocycles. The zero-order chi connectivity index (χ0) is 36.0. The van der Waals surface area contributed by atoms with E-state index in [0.29, 0.717) is 32.1 Å². The van der Waals surface area contributed by atoms with E-state index in [4.69, 9.17) is 9.47 Å². The Morgan fingerprint density at radius 3 is 1.18 bits per heavy atom. The van der Waals surface area contributed by atoms with Crippen LogP contribution in [-0.2, 0) is 19.1 Å². The largest absolute Gasteiger partial charge is 0.466 e. The fourth-order valence-corrected chi connectivity index (χ4v) is 6.38. The first-order valence-electron chi connectivity index (χ1n) is 21.4. The van der Waals surface area contributed by atoms with Crippen molar-refractivity contribution in [2.45, 2.75) is 206 Å². The molecule has 0 fully saturated rings. The lowest BCUT2D eigenvalue weighted by Gasteiger charge is -2.23. The molecular formula is C43H79N3O4. The number of hydrazine groups is 1. The van der Waals surface area contributed by atoms with Gasteiger partial charge in [0.2, 0.25) is 0 Å². The normalized spacial score (nSPS) is 11.3. The zero-order valence-corrected chi connectivity index (χ0v) is 32.9. The summed E-state index contributed by atoms with van der Waals surface area (Å²) in [6.07, 6.45) is 38.8. The van der Waals surface area contributed by atoms with E-state index in [9.17, 15) is 9.59 Å². The Bertz CT molecular complexity index is 819. The van der Waals surface area contributed by atoms with Crippen molar-refractivity contribution in [3.05, 3.63) is 24.4 Å². The predicted octanol–water partition coefficient (Wildman–Crippen LogP) is 12.5. The standard InChI is InChI=1S/C43H79N3O4/c1-3-5-7-9-11-13-15-17-19-21-23-25-27-31-39-49-42(47)34-37-46(45-41-33-29-30-36-44-41)38-35-43(48)50-40-32-28-26-24-22-20-18-16-14-12-10-8-6-4-2/h29-30,33,36H,3-28,31-32,34-35,37-40H2,1-2H3,(H,44,45). The summed E-state index contributed by atoms with van der Waals surface area (Å²) in [6.45, 7) is 6.37. The van der Waals surface area contributed by atoms with Crippen molar-refractivity contribution in [3.63, 3.8) is 0 Å². The van der Waals surface area contributed by atoms with Crippen LogP contribution in [0.5, 0.6) is 0 Å². The molecule has 1 aromatic heterocycles. The number of esters is 2. The quantitative estimate of drug-likeness (QED) is 0.0417. The second kappa shape index (κ2) is 36.6. The number of carbonyl (C=O) groups is 2. The molecule has 0 aliphatic heterocycles. The molecule has 0 aliphatic rings. The maximum absolute atomic E-state index is 12.5. The van der Waals surface area contributed by atoms with Gasteiger partial charge in [0.15, 0.2) is 0 Å². The van der Waals surface area contributed by atoms with Crippen molar-refractivity contribution in [3.8, 4) is 0 Å². The number of hydrogen-bond acceptors (Lipinski definition) is 7. The summed E-state index contributed by atoms with van der Waals surface area (Å²) in [7, 11) is 0. The Kier molecular flexibility index (Phi) is 33.6. The van der Waals surface area contributed by atoms with E-state index in [1.54, 1.807) is 6.20 Å². The van der Waals surface area contributed by atoms with Crippen molar-refractivity contribution in [2.24, 2.45) is 0 Å². The number of nitrogens with zero attached hydrogens (tertiary/aromatic N) is 2. The van der Waals surface area contributed by atoms with Crippen LogP contribution in [0.2, 0.25) is 0 Å². The summed E-state index contributed by atoms with van der Waals surface area (Å²) in [6, 6.07) is 5.64. The molecule has 0 radical (unpaired) electrons. The van der Waals surface area contributed by atoms with Gasteiger partial charge in [-0.05, 0) is 25.0 Å². The summed E-state index contributed by atoms with van der Waals surface area (Å²) in [5.74, 6) is 0.278. The van der Waals surface area contributed by atoms with E-state index in [0.717, 1.165) is 25.7 Å². The number of carbonyl (C=O) groups excluding carboxylic acids is 2. The molecule has 50 heavy (non-hydrogen) atoms. The fraction of sp³-hybridized carbons (Fsp3) is 0.837. The maximum Gasteiger partial charge on any atom is 0.307 e. The molecule has 0 saturated heterocycles. The molecule has 1 N–H and O–H groups in total. The Balaban J connectivity index is 2.08. The lowest BCUT2D eigenvalue weighted by Crippen LogP contribution is -2.35. The molecule has 1 aromatic rings. The first kappa shape index (κ1) is 45.9. The van der Waals surface area contributed by atoms with Gasteiger partial charge >= 0.3 is 11.9 Å². The van der Waals surface area contributed by atoms with Crippen molar-refractivity contribution >= 4 is 17.8 Å². The highest BCUT2D eigenvalue weighted by molar-refractivity contribution is 5.70. The Labute approximate surface area is 308 Å². The number of nitrogens with one attached hydrogen (secondary N) is 1. The second-order valence-corrected chi connectivity index (χ2v) is 14.4. The van der Waals surface area contributed by atoms with E-state index < -0.39 is 0 Å². The monoisotopic (exact) mass is 702 g/mol. The lowest BCUT2D eigenvalue weighted by molar-refractivity contribution is -0.144. The van der Waals surface area contributed by atoms with Gasteiger partial charge in [0.1, 0.15) is 5.82 Å². The minimum atomic E-state index is -0.201. The molecule has 0 spiro atoms. The minimum absolute atomic E-state index is 0.201. The smallest absolute Gasteiger partial charge is 0.307 e. The number of anilines is 1. The molecule has 290 valence electrons. The summed E-state index contributed by atoms with van der Waals surface area (Å²) in [5.41, 5.74) is 3.24. The fourth-order valence-electron chi connectivity index (χ4n) is 6.38. The number of unbranched alkanes of at least 4 members (excludes halogenated alkanes) is 26. The van der Waals surface area contributed by atoms with Crippen LogP contribution in [-0.4, -0.2) is 48.2 Å². The highest BCUT2D eigenvalue weighted by Gasteiger charge is 2.13. The average Bonchev–Trinajstić information content (AvgIpc) is 3.13. The highest BCUT2D eigenvalue weighted by atomic mass is 16.5. The van der Waals surface area contributed by atoms with Crippen molar-refractivity contribution in [1.82, 2.24) is 9.99 Å². The van der Waals surface area contributed by atoms with Gasteiger partial charge < -0.3 is 14.9 Å². The number of ether oxygens (including phenoxy) is 2. The molecule has 7 heteroatoms. The molecule has 0 aliphatic carbocycles. The summed E-state index contributed by atoms with van der Waals surface area (Å²) in [4.78, 5) is 29.2. The van der Waals surface area contributed by atoms with E-state index in [1.165, 1.54) is 154 Å². The van der Waals surface area contributed by atoms with Gasteiger partial charge in [0, 0.05) is 19.3 Å². The number of rotatable bonds is 38. The van der Waals surface area contributed by atoms with Crippen LogP contribution in [0.25, 0.3) is 0 Å². The first-order valence-corrected chi connectivity index (χ1v) is 21.4. The molecule has 0 amide bonds. The van der Waals surface area contributed by atoms with Crippen LogP contribution in [0.4, 0.5) is 5.82 Å². The van der Waals surface area contributed by atoms with Gasteiger partial charge in [-0.25, -0.2) is 9.99 Å². The number of aromatic nitrogens is 1. The first-order chi connectivity index (χ1) is 24.7. The van der Waals surface area contributed by atoms with Crippen LogP contribution in [0.3, 0.4) is 0 Å². The lowest BCUT2D eigenvalue weighted by atomic mass is 10.0. The van der Waals surface area contributed by atoms with E-state index in [-0.39, 0.29) is 24.8 Å². The SMILES string of the molecule is CCCCCCCCCCCCCCCCOC(=O)CCN(CCC(=O)OCCCCCCCCCCCCCCCC)Nc1ccccn1. The molecule has 1 rings (SSSR count). The summed E-state index contributed by atoms with van der Waals surface area (Å²) < 4.78 is 11.0. The third-order valence-corrected chi connectivity index (χ3v) is 9.63. The van der Waals surface area contributed by atoms with Gasteiger partial charge in [0.25, 0.3) is 0 Å². The molecule has 0 saturated carbocycles. The molecule has 0 atom stereocenters. The van der Waals surface area contributed by atoms with E-state index in [1.807, 2.05) is 23.2 Å². The van der Waals surface area contributed by atoms with E-state index in [2.05, 4.69) is 24.3 Å². The summed E-state index contributed by atoms with van der Waals surface area (Å²) in [5, 5.41) is 1.86. The van der Waals surface area contributed by atoms with Gasteiger partial charge in [0.05, 0.1) is 26.1 Å². The Morgan fingerprint density at radius 1 is 0.520 bits per heavy atom. The number of pyridine rings is 1. The predicted molar refractivity (Wildman–Crippen MR) is 211 cm³/mol. The molecule has 0 bridgehead atoms. The van der Waals surface area contributed by atoms with Gasteiger partial charge in [-0.3, -0.25) is 9.59 Å². The zero-order valence-electron chi connectivity index (χ0n) is 32.9. The third kappa shape index (κ3) is 31.8. The van der Waals surface area contributed by atoms with Gasteiger partial charge in [-0.15, -0.1) is 0 Å². The van der Waals surface area contributed by atoms with Crippen LogP contribution in [0, 0.1) is 0 Å². The molecular weight excluding hydrogens is 622 g/mol. The third-order valence-electron chi connectivity index (χ3n) is 9.63. The Morgan fingerprint density at radius 2 is 0.860 bits per heavy atom. The van der Waals surface area contributed by atoms with Crippen LogP contribution in [0.1, 0.15) is 206 Å². The highest BCUT2D eigenvalue weighted by Crippen LogP contribution is 2.15. The number of hydrogen-bond donors (Lipinski definition) is 1. The van der Waals surface area contributed by atoms with Crippen molar-refractivity contribution < 1.29 is 19.1 Å². The molecule has 7 nitrogen and oxygen atoms in total. The molecule has 0 aromatic carbocycles. The van der Waals surface area contributed by atoms with Crippen LogP contribution in [0.15, 0.2) is 24.4 Å². The topological polar surface area (TPSA) is 80.8 Å². The average molecular weight is 702 g/mol. The van der Waals surface area contributed by atoms with E-state index >= 15 is 0 Å². The molecule has 0 unspecified atom stereocenters. The van der Waals surface area contributed by atoms with Crippen molar-refractivity contribution in [2.75, 3.05) is 31.7 Å². The minimum Gasteiger partial charge on any atom is -0.466 e. The maximum atomic E-state index is 12.5. The Hall–Kier alpha value is -2.15.